The van der Waals surface area contributed by atoms with Crippen LogP contribution < -0.4 is 14.8 Å². The first-order valence-corrected chi connectivity index (χ1v) is 11.8. The summed E-state index contributed by atoms with van der Waals surface area (Å²) in [6, 6.07) is 10.9. The highest BCUT2D eigenvalue weighted by Crippen LogP contribution is 2.42. The van der Waals surface area contributed by atoms with E-state index in [4.69, 9.17) is 18.9 Å². The third kappa shape index (κ3) is 4.59. The molecule has 3 aliphatic heterocycles. The van der Waals surface area contributed by atoms with Crippen LogP contribution in [-0.4, -0.2) is 45.7 Å². The van der Waals surface area contributed by atoms with Crippen molar-refractivity contribution in [2.24, 2.45) is 0 Å². The van der Waals surface area contributed by atoms with Crippen LogP contribution in [0.2, 0.25) is 0 Å². The van der Waals surface area contributed by atoms with Gasteiger partial charge in [0, 0.05) is 38.4 Å². The van der Waals surface area contributed by atoms with Gasteiger partial charge in [0.15, 0.2) is 11.5 Å². The Kier molecular flexibility index (Phi) is 6.40. The van der Waals surface area contributed by atoms with Crippen LogP contribution in [0.25, 0.3) is 0 Å². The molecular weight excluding hydrogens is 463 g/mol. The molecule has 0 bridgehead atoms. The molecule has 35 heavy (non-hydrogen) atoms. The Morgan fingerprint density at radius 1 is 0.857 bits per heavy atom. The lowest BCUT2D eigenvalue weighted by molar-refractivity contribution is -0.138. The number of rotatable bonds is 5. The molecule has 0 radical (unpaired) electrons. The average Bonchev–Trinajstić information content (AvgIpc) is 3.36. The van der Waals surface area contributed by atoms with Gasteiger partial charge in [-0.05, 0) is 55.0 Å². The standard InChI is InChI=1S/C26H28F3NO5/c27-26(28,29)20-3-1-2-19(14-20)25(8-12-33-13-9-25)23(31)30-16-24(6-10-32-11-7-24)18-4-5-21-22(15-18)35-17-34-21/h1-5,14-15H,6-13,16-17H2,(H,30,31). The molecule has 1 N–H and O–H groups in total. The van der Waals surface area contributed by atoms with Gasteiger partial charge < -0.3 is 24.3 Å². The van der Waals surface area contributed by atoms with Gasteiger partial charge in [0.1, 0.15) is 0 Å². The van der Waals surface area contributed by atoms with Crippen molar-refractivity contribution in [1.29, 1.82) is 0 Å². The van der Waals surface area contributed by atoms with E-state index < -0.39 is 17.2 Å². The highest BCUT2D eigenvalue weighted by molar-refractivity contribution is 5.88. The fourth-order valence-corrected chi connectivity index (χ4v) is 5.33. The van der Waals surface area contributed by atoms with E-state index in [-0.39, 0.29) is 18.1 Å². The molecule has 2 fully saturated rings. The fourth-order valence-electron chi connectivity index (χ4n) is 5.33. The molecule has 1 amide bonds. The van der Waals surface area contributed by atoms with E-state index >= 15 is 0 Å². The number of halogens is 3. The zero-order valence-electron chi connectivity index (χ0n) is 19.3. The Hall–Kier alpha value is -2.78. The number of hydrogen-bond acceptors (Lipinski definition) is 5. The molecule has 5 rings (SSSR count). The molecule has 0 aromatic heterocycles. The third-order valence-electron chi connectivity index (χ3n) is 7.55. The molecule has 3 heterocycles. The lowest BCUT2D eigenvalue weighted by Gasteiger charge is -2.41. The second-order valence-electron chi connectivity index (χ2n) is 9.42. The predicted octanol–water partition coefficient (Wildman–Crippen LogP) is 4.35. The third-order valence-corrected chi connectivity index (χ3v) is 7.55. The quantitative estimate of drug-likeness (QED) is 0.674. The lowest BCUT2D eigenvalue weighted by Crippen LogP contribution is -2.52. The SMILES string of the molecule is O=C(NCC1(c2ccc3c(c2)OCO3)CCOCC1)C1(c2cccc(C(F)(F)F)c2)CCOCC1. The van der Waals surface area contributed by atoms with Crippen LogP contribution in [0.1, 0.15) is 42.4 Å². The van der Waals surface area contributed by atoms with Crippen LogP contribution in [0.4, 0.5) is 13.2 Å². The molecular formula is C26H28F3NO5. The summed E-state index contributed by atoms with van der Waals surface area (Å²) < 4.78 is 62.4. The Labute approximate surface area is 201 Å². The molecule has 2 saturated heterocycles. The minimum atomic E-state index is -4.48. The fraction of sp³-hybridized carbons (Fsp3) is 0.500. The van der Waals surface area contributed by atoms with Crippen molar-refractivity contribution in [2.75, 3.05) is 39.8 Å². The Morgan fingerprint density at radius 2 is 1.54 bits per heavy atom. The highest BCUT2D eigenvalue weighted by atomic mass is 19.4. The van der Waals surface area contributed by atoms with Crippen molar-refractivity contribution in [3.05, 3.63) is 59.2 Å². The summed E-state index contributed by atoms with van der Waals surface area (Å²) in [6.07, 6.45) is -2.44. The van der Waals surface area contributed by atoms with Crippen LogP contribution in [0.3, 0.4) is 0 Å². The van der Waals surface area contributed by atoms with Crippen LogP contribution in [-0.2, 0) is 31.3 Å². The van der Waals surface area contributed by atoms with Gasteiger partial charge in [0.05, 0.1) is 11.0 Å². The summed E-state index contributed by atoms with van der Waals surface area (Å²) in [7, 11) is 0. The number of carbonyl (C=O) groups excluding carboxylic acids is 1. The zero-order chi connectivity index (χ0) is 24.5. The molecule has 0 aliphatic carbocycles. The van der Waals surface area contributed by atoms with E-state index in [0.717, 1.165) is 17.7 Å². The molecule has 188 valence electrons. The van der Waals surface area contributed by atoms with Crippen LogP contribution >= 0.6 is 0 Å². The van der Waals surface area contributed by atoms with Gasteiger partial charge in [-0.15, -0.1) is 0 Å². The summed E-state index contributed by atoms with van der Waals surface area (Å²) in [5.41, 5.74) is -0.826. The topological polar surface area (TPSA) is 66.0 Å². The van der Waals surface area contributed by atoms with E-state index in [1.54, 1.807) is 6.07 Å². The van der Waals surface area contributed by atoms with E-state index in [9.17, 15) is 18.0 Å². The number of alkyl halides is 3. The van der Waals surface area contributed by atoms with Crippen LogP contribution in [0.15, 0.2) is 42.5 Å². The first-order valence-electron chi connectivity index (χ1n) is 11.8. The smallest absolute Gasteiger partial charge is 0.416 e. The van der Waals surface area contributed by atoms with E-state index in [1.165, 1.54) is 6.07 Å². The van der Waals surface area contributed by atoms with Crippen LogP contribution in [0.5, 0.6) is 11.5 Å². The zero-order valence-corrected chi connectivity index (χ0v) is 19.3. The average molecular weight is 492 g/mol. The second-order valence-corrected chi connectivity index (χ2v) is 9.42. The molecule has 0 spiro atoms. The predicted molar refractivity (Wildman–Crippen MR) is 120 cm³/mol. The maximum absolute atomic E-state index is 13.8. The number of fused-ring (bicyclic) bond motifs is 1. The number of carbonyl (C=O) groups is 1. The molecule has 0 atom stereocenters. The second kappa shape index (κ2) is 9.35. The molecule has 3 aliphatic rings. The summed E-state index contributed by atoms with van der Waals surface area (Å²) in [5, 5.41) is 3.12. The van der Waals surface area contributed by atoms with Crippen molar-refractivity contribution in [1.82, 2.24) is 5.32 Å². The molecule has 2 aromatic carbocycles. The first kappa shape index (κ1) is 23.9. The van der Waals surface area contributed by atoms with Gasteiger partial charge >= 0.3 is 6.18 Å². The Morgan fingerprint density at radius 3 is 2.26 bits per heavy atom. The summed E-state index contributed by atoms with van der Waals surface area (Å²) in [5.74, 6) is 1.09. The van der Waals surface area contributed by atoms with Gasteiger partial charge in [-0.2, -0.15) is 13.2 Å². The normalized spacial score (nSPS) is 20.9. The largest absolute Gasteiger partial charge is 0.454 e. The van der Waals surface area contributed by atoms with E-state index in [2.05, 4.69) is 5.32 Å². The van der Waals surface area contributed by atoms with Gasteiger partial charge in [0.2, 0.25) is 12.7 Å². The van der Waals surface area contributed by atoms with Gasteiger partial charge in [-0.25, -0.2) is 0 Å². The van der Waals surface area contributed by atoms with Crippen molar-refractivity contribution in [3.63, 3.8) is 0 Å². The highest BCUT2D eigenvalue weighted by Gasteiger charge is 2.44. The molecule has 6 nitrogen and oxygen atoms in total. The van der Waals surface area contributed by atoms with Crippen molar-refractivity contribution < 1.29 is 36.9 Å². The van der Waals surface area contributed by atoms with Crippen molar-refractivity contribution in [2.45, 2.75) is 42.7 Å². The van der Waals surface area contributed by atoms with Gasteiger partial charge in [0.25, 0.3) is 0 Å². The number of ether oxygens (including phenoxy) is 4. The minimum Gasteiger partial charge on any atom is -0.454 e. The monoisotopic (exact) mass is 491 g/mol. The summed E-state index contributed by atoms with van der Waals surface area (Å²) in [6.45, 7) is 2.24. The van der Waals surface area contributed by atoms with Crippen molar-refractivity contribution >= 4 is 5.91 Å². The maximum Gasteiger partial charge on any atom is 0.416 e. The van der Waals surface area contributed by atoms with E-state index in [1.807, 2.05) is 18.2 Å². The minimum absolute atomic E-state index is 0.174. The summed E-state index contributed by atoms with van der Waals surface area (Å²) >= 11 is 0. The van der Waals surface area contributed by atoms with Crippen molar-refractivity contribution in [3.8, 4) is 11.5 Å². The first-order chi connectivity index (χ1) is 16.8. The number of hydrogen-bond donors (Lipinski definition) is 1. The Bertz CT molecular complexity index is 1070. The molecule has 2 aromatic rings. The number of amides is 1. The number of nitrogens with one attached hydrogen (secondary N) is 1. The van der Waals surface area contributed by atoms with Crippen LogP contribution in [0, 0.1) is 0 Å². The molecule has 9 heteroatoms. The van der Waals surface area contributed by atoms with Gasteiger partial charge in [-0.3, -0.25) is 4.79 Å². The Balaban J connectivity index is 1.43. The van der Waals surface area contributed by atoms with Gasteiger partial charge in [-0.1, -0.05) is 24.3 Å². The maximum atomic E-state index is 13.8. The number of benzene rings is 2. The lowest BCUT2D eigenvalue weighted by atomic mass is 9.71. The molecule has 0 saturated carbocycles. The summed E-state index contributed by atoms with van der Waals surface area (Å²) in [4.78, 5) is 13.8. The molecule has 0 unspecified atom stereocenters. The van der Waals surface area contributed by atoms with E-state index in [0.29, 0.717) is 75.7 Å².